The molecule has 0 aliphatic heterocycles. The van der Waals surface area contributed by atoms with Gasteiger partial charge in [0.1, 0.15) is 11.0 Å². The van der Waals surface area contributed by atoms with Crippen LogP contribution in [0.25, 0.3) is 0 Å². The molecule has 3 N–H and O–H groups in total. The van der Waals surface area contributed by atoms with Crippen molar-refractivity contribution in [3.63, 3.8) is 0 Å². The van der Waals surface area contributed by atoms with Crippen molar-refractivity contribution in [1.82, 2.24) is 10.3 Å². The Morgan fingerprint density at radius 1 is 1.13 bits per heavy atom. The summed E-state index contributed by atoms with van der Waals surface area (Å²) in [5, 5.41) is 7.43. The highest BCUT2D eigenvalue weighted by molar-refractivity contribution is 6.34. The minimum absolute atomic E-state index is 0.0371. The summed E-state index contributed by atoms with van der Waals surface area (Å²) in [4.78, 5) is 27.1. The number of carbonyl (C=O) groups excluding carboxylic acids is 2. The van der Waals surface area contributed by atoms with Crippen LogP contribution in [0.5, 0.6) is 0 Å². The lowest BCUT2D eigenvalue weighted by Crippen LogP contribution is -2.35. The van der Waals surface area contributed by atoms with Crippen LogP contribution in [0.15, 0.2) is 36.4 Å². The second kappa shape index (κ2) is 7.75. The number of rotatable bonds is 4. The Morgan fingerprint density at radius 2 is 1.91 bits per heavy atom. The smallest absolute Gasteiger partial charge is 0.319 e. The van der Waals surface area contributed by atoms with Crippen molar-refractivity contribution in [2.45, 2.75) is 0 Å². The second-order valence-electron chi connectivity index (χ2n) is 4.34. The zero-order valence-corrected chi connectivity index (χ0v) is 13.1. The van der Waals surface area contributed by atoms with Gasteiger partial charge in [-0.25, -0.2) is 14.2 Å². The molecule has 1 heterocycles. The SMILES string of the molecule is O=C(CNC(=O)Nc1cccc(F)c1)Nc1ccc(Cl)nc1Cl. The molecule has 0 aliphatic rings. The first-order valence-corrected chi connectivity index (χ1v) is 7.12. The monoisotopic (exact) mass is 356 g/mol. The molecule has 0 saturated heterocycles. The molecular formula is C14H11Cl2FN4O2. The van der Waals surface area contributed by atoms with E-state index in [2.05, 4.69) is 20.9 Å². The number of anilines is 2. The molecule has 6 nitrogen and oxygen atoms in total. The van der Waals surface area contributed by atoms with Gasteiger partial charge in [-0.2, -0.15) is 0 Å². The third-order valence-corrected chi connectivity index (χ3v) is 3.08. The molecule has 9 heteroatoms. The maximum absolute atomic E-state index is 13.0. The maximum atomic E-state index is 13.0. The van der Waals surface area contributed by atoms with Crippen molar-refractivity contribution >= 4 is 46.5 Å². The molecule has 2 aromatic rings. The lowest BCUT2D eigenvalue weighted by Gasteiger charge is -2.09. The molecule has 3 amide bonds. The first-order chi connectivity index (χ1) is 10.9. The predicted molar refractivity (Wildman–Crippen MR) is 86.3 cm³/mol. The van der Waals surface area contributed by atoms with E-state index >= 15 is 0 Å². The van der Waals surface area contributed by atoms with Crippen molar-refractivity contribution in [3.05, 3.63) is 52.5 Å². The molecule has 0 atom stereocenters. The zero-order chi connectivity index (χ0) is 16.8. The van der Waals surface area contributed by atoms with Gasteiger partial charge in [0.15, 0.2) is 5.15 Å². The van der Waals surface area contributed by atoms with Gasteiger partial charge < -0.3 is 16.0 Å². The summed E-state index contributed by atoms with van der Waals surface area (Å²) >= 11 is 11.5. The predicted octanol–water partition coefficient (Wildman–Crippen LogP) is 3.29. The van der Waals surface area contributed by atoms with Crippen LogP contribution in [-0.2, 0) is 4.79 Å². The fraction of sp³-hybridized carbons (Fsp3) is 0.0714. The van der Waals surface area contributed by atoms with E-state index in [9.17, 15) is 14.0 Å². The molecule has 0 aliphatic carbocycles. The molecule has 1 aromatic heterocycles. The third-order valence-electron chi connectivity index (χ3n) is 2.58. The van der Waals surface area contributed by atoms with Crippen molar-refractivity contribution in [2.75, 3.05) is 17.2 Å². The standard InChI is InChI=1S/C14H11Cl2FN4O2/c15-11-5-4-10(13(16)21-11)20-12(22)7-18-14(23)19-9-3-1-2-8(17)6-9/h1-6H,7H2,(H,20,22)(H2,18,19,23). The zero-order valence-electron chi connectivity index (χ0n) is 11.6. The first kappa shape index (κ1) is 17.0. The summed E-state index contributed by atoms with van der Waals surface area (Å²) in [7, 11) is 0. The Labute approximate surface area is 141 Å². The Kier molecular flexibility index (Phi) is 5.72. The number of urea groups is 1. The molecule has 2 rings (SSSR count). The largest absolute Gasteiger partial charge is 0.329 e. The molecule has 0 spiro atoms. The van der Waals surface area contributed by atoms with E-state index in [0.29, 0.717) is 0 Å². The quantitative estimate of drug-likeness (QED) is 0.735. The van der Waals surface area contributed by atoms with Gasteiger partial charge in [-0.1, -0.05) is 29.3 Å². The van der Waals surface area contributed by atoms with Crippen LogP contribution in [-0.4, -0.2) is 23.5 Å². The summed E-state index contributed by atoms with van der Waals surface area (Å²) in [5.74, 6) is -0.990. The Balaban J connectivity index is 1.83. The third kappa shape index (κ3) is 5.39. The van der Waals surface area contributed by atoms with E-state index in [1.165, 1.54) is 30.3 Å². The van der Waals surface area contributed by atoms with Gasteiger partial charge >= 0.3 is 6.03 Å². The number of nitrogens with one attached hydrogen (secondary N) is 3. The highest BCUT2D eigenvalue weighted by Crippen LogP contribution is 2.21. The van der Waals surface area contributed by atoms with Gasteiger partial charge in [0.2, 0.25) is 5.91 Å². The second-order valence-corrected chi connectivity index (χ2v) is 5.08. The molecule has 0 bridgehead atoms. The summed E-state index contributed by atoms with van der Waals surface area (Å²) in [6, 6.07) is 7.68. The van der Waals surface area contributed by atoms with Crippen molar-refractivity contribution in [2.24, 2.45) is 0 Å². The van der Waals surface area contributed by atoms with Crippen LogP contribution in [0.4, 0.5) is 20.6 Å². The summed E-state index contributed by atoms with van der Waals surface area (Å²) in [5.41, 5.74) is 0.543. The molecule has 1 aromatic carbocycles. The Morgan fingerprint density at radius 3 is 2.61 bits per heavy atom. The topological polar surface area (TPSA) is 83.1 Å². The van der Waals surface area contributed by atoms with E-state index in [1.807, 2.05) is 0 Å². The van der Waals surface area contributed by atoms with E-state index in [1.54, 1.807) is 0 Å². The van der Waals surface area contributed by atoms with Crippen LogP contribution >= 0.6 is 23.2 Å². The minimum Gasteiger partial charge on any atom is -0.329 e. The van der Waals surface area contributed by atoms with E-state index < -0.39 is 17.8 Å². The van der Waals surface area contributed by atoms with Gasteiger partial charge in [-0.3, -0.25) is 4.79 Å². The number of carbonyl (C=O) groups is 2. The molecule has 0 radical (unpaired) electrons. The van der Waals surface area contributed by atoms with Gasteiger partial charge in [0.25, 0.3) is 0 Å². The van der Waals surface area contributed by atoms with E-state index in [4.69, 9.17) is 23.2 Å². The summed E-state index contributed by atoms with van der Waals surface area (Å²) in [6.07, 6.45) is 0. The van der Waals surface area contributed by atoms with E-state index in [-0.39, 0.29) is 28.2 Å². The molecule has 120 valence electrons. The lowest BCUT2D eigenvalue weighted by atomic mass is 10.3. The number of hydrogen-bond acceptors (Lipinski definition) is 3. The van der Waals surface area contributed by atoms with Crippen molar-refractivity contribution < 1.29 is 14.0 Å². The average molecular weight is 357 g/mol. The average Bonchev–Trinajstić information content (AvgIpc) is 2.48. The maximum Gasteiger partial charge on any atom is 0.319 e. The molecular weight excluding hydrogens is 346 g/mol. The van der Waals surface area contributed by atoms with Crippen LogP contribution in [0.3, 0.4) is 0 Å². The number of halogens is 3. The molecule has 0 saturated carbocycles. The normalized spacial score (nSPS) is 10.0. The molecule has 23 heavy (non-hydrogen) atoms. The Hall–Kier alpha value is -2.38. The number of aromatic nitrogens is 1. The summed E-state index contributed by atoms with van der Waals surface area (Å²) in [6.45, 7) is -0.305. The number of pyridine rings is 1. The van der Waals surface area contributed by atoms with Crippen molar-refractivity contribution in [3.8, 4) is 0 Å². The number of nitrogens with zero attached hydrogens (tertiary/aromatic N) is 1. The summed E-state index contributed by atoms with van der Waals surface area (Å²) < 4.78 is 13.0. The van der Waals surface area contributed by atoms with Gasteiger partial charge in [-0.15, -0.1) is 0 Å². The van der Waals surface area contributed by atoms with Crippen LogP contribution < -0.4 is 16.0 Å². The highest BCUT2D eigenvalue weighted by atomic mass is 35.5. The number of benzene rings is 1. The molecule has 0 fully saturated rings. The van der Waals surface area contributed by atoms with Gasteiger partial charge in [0, 0.05) is 5.69 Å². The fourth-order valence-corrected chi connectivity index (χ4v) is 1.99. The van der Waals surface area contributed by atoms with Crippen LogP contribution in [0.2, 0.25) is 10.3 Å². The first-order valence-electron chi connectivity index (χ1n) is 6.36. The number of hydrogen-bond donors (Lipinski definition) is 3. The minimum atomic E-state index is -0.647. The van der Waals surface area contributed by atoms with E-state index in [0.717, 1.165) is 6.07 Å². The van der Waals surface area contributed by atoms with Gasteiger partial charge in [-0.05, 0) is 30.3 Å². The van der Waals surface area contributed by atoms with Gasteiger partial charge in [0.05, 0.1) is 12.2 Å². The molecule has 0 unspecified atom stereocenters. The number of amides is 3. The highest BCUT2D eigenvalue weighted by Gasteiger charge is 2.09. The van der Waals surface area contributed by atoms with Crippen molar-refractivity contribution in [1.29, 1.82) is 0 Å². The van der Waals surface area contributed by atoms with Crippen LogP contribution in [0, 0.1) is 5.82 Å². The Bertz CT molecular complexity index is 742. The fourth-order valence-electron chi connectivity index (χ4n) is 1.60. The van der Waals surface area contributed by atoms with Crippen LogP contribution in [0.1, 0.15) is 0 Å². The lowest BCUT2D eigenvalue weighted by molar-refractivity contribution is -0.115.